The molecule has 10 heteroatoms. The molecule has 3 aromatic rings. The van der Waals surface area contributed by atoms with Crippen LogP contribution in [0.15, 0.2) is 48.0 Å². The van der Waals surface area contributed by atoms with E-state index >= 15 is 0 Å². The average molecular weight is 451 g/mol. The van der Waals surface area contributed by atoms with Crippen LogP contribution in [0.1, 0.15) is 43.1 Å². The number of aryl methyl sites for hydroxylation is 1. The first kappa shape index (κ1) is 21.5. The molecule has 2 heterocycles. The van der Waals surface area contributed by atoms with Gasteiger partial charge < -0.3 is 9.88 Å². The van der Waals surface area contributed by atoms with Gasteiger partial charge in [0.2, 0.25) is 0 Å². The van der Waals surface area contributed by atoms with Crippen LogP contribution in [0, 0.1) is 11.3 Å². The zero-order valence-corrected chi connectivity index (χ0v) is 18.5. The van der Waals surface area contributed by atoms with Crippen molar-refractivity contribution in [2.24, 2.45) is 0 Å². The van der Waals surface area contributed by atoms with E-state index in [2.05, 4.69) is 15.3 Å². The number of urea groups is 1. The molecule has 0 atom stereocenters. The molecule has 164 valence electrons. The van der Waals surface area contributed by atoms with E-state index in [0.717, 1.165) is 30.4 Å². The number of amides is 2. The van der Waals surface area contributed by atoms with Crippen molar-refractivity contribution in [3.8, 4) is 17.2 Å². The highest BCUT2D eigenvalue weighted by Gasteiger charge is 2.24. The number of carbonyl (C=O) groups is 1. The van der Waals surface area contributed by atoms with Gasteiger partial charge in [-0.3, -0.25) is 0 Å². The van der Waals surface area contributed by atoms with Gasteiger partial charge in [-0.05, 0) is 61.9 Å². The maximum absolute atomic E-state index is 12.7. The quantitative estimate of drug-likeness (QED) is 0.613. The van der Waals surface area contributed by atoms with Gasteiger partial charge in [-0.1, -0.05) is 12.1 Å². The highest BCUT2D eigenvalue weighted by molar-refractivity contribution is 7.90. The number of sulfonamides is 1. The van der Waals surface area contributed by atoms with Crippen LogP contribution in [-0.2, 0) is 22.9 Å². The van der Waals surface area contributed by atoms with Crippen LogP contribution in [0.5, 0.6) is 0 Å². The van der Waals surface area contributed by atoms with Gasteiger partial charge >= 0.3 is 6.03 Å². The van der Waals surface area contributed by atoms with Gasteiger partial charge in [0.05, 0.1) is 12.0 Å². The number of rotatable bonds is 5. The first-order valence-corrected chi connectivity index (χ1v) is 11.7. The molecule has 2 amide bonds. The van der Waals surface area contributed by atoms with Crippen molar-refractivity contribution in [1.82, 2.24) is 19.3 Å². The van der Waals surface area contributed by atoms with Gasteiger partial charge in [0, 0.05) is 24.0 Å². The Labute approximate surface area is 186 Å². The van der Waals surface area contributed by atoms with Crippen molar-refractivity contribution < 1.29 is 13.2 Å². The molecule has 4 rings (SSSR count). The van der Waals surface area contributed by atoms with Crippen LogP contribution in [0.4, 0.5) is 10.5 Å². The summed E-state index contributed by atoms with van der Waals surface area (Å²) in [6.45, 7) is 3.79. The third-order valence-corrected chi connectivity index (χ3v) is 6.60. The molecule has 0 saturated heterocycles. The van der Waals surface area contributed by atoms with E-state index in [1.165, 1.54) is 18.7 Å². The number of hydrogen-bond acceptors (Lipinski definition) is 6. The lowest BCUT2D eigenvalue weighted by Crippen LogP contribution is -2.35. The number of anilines is 1. The molecule has 32 heavy (non-hydrogen) atoms. The number of fused-ring (bicyclic) bond motifs is 1. The molecule has 0 fully saturated rings. The Balaban J connectivity index is 1.65. The monoisotopic (exact) mass is 450 g/mol. The summed E-state index contributed by atoms with van der Waals surface area (Å²) in [6.07, 6.45) is 6.92. The Morgan fingerprint density at radius 3 is 2.75 bits per heavy atom. The third kappa shape index (κ3) is 4.20. The van der Waals surface area contributed by atoms with Crippen molar-refractivity contribution in [3.63, 3.8) is 0 Å². The number of benzene rings is 1. The Bertz CT molecular complexity index is 1340. The number of hydrogen-bond donors (Lipinski definition) is 2. The average Bonchev–Trinajstić information content (AvgIpc) is 3.44. The van der Waals surface area contributed by atoms with Gasteiger partial charge in [0.25, 0.3) is 10.0 Å². The zero-order chi connectivity index (χ0) is 22.9. The number of aromatic nitrogens is 3. The van der Waals surface area contributed by atoms with Crippen molar-refractivity contribution in [3.05, 3.63) is 59.8 Å². The van der Waals surface area contributed by atoms with E-state index in [0.29, 0.717) is 16.8 Å². The predicted octanol–water partition coefficient (Wildman–Crippen LogP) is 3.40. The molecule has 0 radical (unpaired) electrons. The van der Waals surface area contributed by atoms with Gasteiger partial charge in [-0.25, -0.2) is 19.5 Å². The Hall–Kier alpha value is -3.71. The lowest BCUT2D eigenvalue weighted by molar-refractivity contribution is 0.256. The van der Waals surface area contributed by atoms with E-state index in [1.54, 1.807) is 16.7 Å². The summed E-state index contributed by atoms with van der Waals surface area (Å²) in [7, 11) is -4.14. The standard InChI is InChI=1S/C22H22N6O3S/c1-14(2)28-12-20(25-13-28)32(30,31)27-22(29)26-21-18-5-3-4-15(18)6-7-19(21)16-8-9-24-17(10-16)11-23/h6-10,12-14H,3-5H2,1-2H3,(H2,26,27,29). The molecule has 1 aliphatic rings. The summed E-state index contributed by atoms with van der Waals surface area (Å²) >= 11 is 0. The van der Waals surface area contributed by atoms with Gasteiger partial charge in [0.1, 0.15) is 11.8 Å². The van der Waals surface area contributed by atoms with E-state index in [1.807, 2.05) is 36.8 Å². The Kier molecular flexibility index (Phi) is 5.67. The minimum absolute atomic E-state index is 0.0356. The largest absolute Gasteiger partial charge is 0.334 e. The van der Waals surface area contributed by atoms with Crippen molar-refractivity contribution in [1.29, 1.82) is 5.26 Å². The van der Waals surface area contributed by atoms with Crippen LogP contribution >= 0.6 is 0 Å². The first-order valence-electron chi connectivity index (χ1n) is 10.2. The number of pyridine rings is 1. The second-order valence-corrected chi connectivity index (χ2v) is 9.46. The highest BCUT2D eigenvalue weighted by Crippen LogP contribution is 2.37. The lowest BCUT2D eigenvalue weighted by atomic mass is 9.97. The minimum Gasteiger partial charge on any atom is -0.334 e. The molecule has 0 bridgehead atoms. The Morgan fingerprint density at radius 1 is 1.22 bits per heavy atom. The van der Waals surface area contributed by atoms with E-state index < -0.39 is 16.1 Å². The third-order valence-electron chi connectivity index (χ3n) is 5.38. The maximum Gasteiger partial charge on any atom is 0.333 e. The molecule has 0 aliphatic heterocycles. The topological polar surface area (TPSA) is 130 Å². The van der Waals surface area contributed by atoms with Crippen molar-refractivity contribution >= 4 is 21.7 Å². The summed E-state index contributed by atoms with van der Waals surface area (Å²) in [5.74, 6) is 0. The summed E-state index contributed by atoms with van der Waals surface area (Å²) in [5, 5.41) is 11.7. The van der Waals surface area contributed by atoms with Crippen LogP contribution in [0.25, 0.3) is 11.1 Å². The Morgan fingerprint density at radius 2 is 2.03 bits per heavy atom. The predicted molar refractivity (Wildman–Crippen MR) is 118 cm³/mol. The minimum atomic E-state index is -4.14. The fourth-order valence-corrected chi connectivity index (χ4v) is 4.61. The number of nitriles is 1. The van der Waals surface area contributed by atoms with Crippen LogP contribution < -0.4 is 10.0 Å². The molecule has 0 saturated carbocycles. The summed E-state index contributed by atoms with van der Waals surface area (Å²) in [4.78, 5) is 20.6. The van der Waals surface area contributed by atoms with Crippen molar-refractivity contribution in [2.75, 3.05) is 5.32 Å². The highest BCUT2D eigenvalue weighted by atomic mass is 32.2. The first-order chi connectivity index (χ1) is 15.3. The smallest absolute Gasteiger partial charge is 0.333 e. The maximum atomic E-state index is 12.7. The van der Waals surface area contributed by atoms with Crippen LogP contribution in [0.2, 0.25) is 0 Å². The molecule has 9 nitrogen and oxygen atoms in total. The molecule has 2 aromatic heterocycles. The van der Waals surface area contributed by atoms with Gasteiger partial charge in [-0.2, -0.15) is 13.7 Å². The van der Waals surface area contributed by atoms with E-state index in [-0.39, 0.29) is 16.8 Å². The summed E-state index contributed by atoms with van der Waals surface area (Å²) in [6, 6.07) is 8.42. The molecule has 1 aromatic carbocycles. The van der Waals surface area contributed by atoms with Crippen LogP contribution in [0.3, 0.4) is 0 Å². The molecule has 2 N–H and O–H groups in total. The summed E-state index contributed by atoms with van der Waals surface area (Å²) < 4.78 is 29.0. The SMILES string of the molecule is CC(C)n1cnc(S(=O)(=O)NC(=O)Nc2c(-c3ccnc(C#N)c3)ccc3c2CCC3)c1. The zero-order valence-electron chi connectivity index (χ0n) is 17.7. The molecule has 0 spiro atoms. The second-order valence-electron chi connectivity index (χ2n) is 7.83. The second kappa shape index (κ2) is 8.43. The molecular formula is C22H22N6O3S. The summed E-state index contributed by atoms with van der Waals surface area (Å²) in [5.41, 5.74) is 4.27. The normalized spacial score (nSPS) is 12.9. The fourth-order valence-electron chi connectivity index (χ4n) is 3.76. The number of imidazole rings is 1. The van der Waals surface area contributed by atoms with Gasteiger partial charge in [0.15, 0.2) is 5.03 Å². The number of nitrogens with zero attached hydrogens (tertiary/aromatic N) is 4. The van der Waals surface area contributed by atoms with Crippen molar-refractivity contribution in [2.45, 2.75) is 44.2 Å². The lowest BCUT2D eigenvalue weighted by Gasteiger charge is -2.16. The van der Waals surface area contributed by atoms with Crippen LogP contribution in [-0.4, -0.2) is 29.0 Å². The fraction of sp³-hybridized carbons (Fsp3) is 0.273. The molecule has 1 aliphatic carbocycles. The van der Waals surface area contributed by atoms with Gasteiger partial charge in [-0.15, -0.1) is 0 Å². The van der Waals surface area contributed by atoms with E-state index in [4.69, 9.17) is 0 Å². The molecule has 0 unspecified atom stereocenters. The number of carbonyl (C=O) groups excluding carboxylic acids is 1. The molecular weight excluding hydrogens is 428 g/mol. The van der Waals surface area contributed by atoms with E-state index in [9.17, 15) is 18.5 Å². The number of nitrogens with one attached hydrogen (secondary N) is 2.